The van der Waals surface area contributed by atoms with Crippen molar-refractivity contribution < 1.29 is 9.72 Å². The summed E-state index contributed by atoms with van der Waals surface area (Å²) in [6, 6.07) is 9.81. The Bertz CT molecular complexity index is 667. The number of benzene rings is 1. The van der Waals surface area contributed by atoms with Crippen LogP contribution in [0.25, 0.3) is 0 Å². The summed E-state index contributed by atoms with van der Waals surface area (Å²) in [6.07, 6.45) is 0. The molecular weight excluding hydrogens is 282 g/mol. The first-order valence-electron chi connectivity index (χ1n) is 5.79. The van der Waals surface area contributed by atoms with Gasteiger partial charge in [-0.05, 0) is 28.7 Å². The van der Waals surface area contributed by atoms with E-state index in [1.807, 2.05) is 6.07 Å². The van der Waals surface area contributed by atoms with E-state index in [0.29, 0.717) is 11.6 Å². The van der Waals surface area contributed by atoms with Crippen LogP contribution in [0.2, 0.25) is 0 Å². The summed E-state index contributed by atoms with van der Waals surface area (Å²) in [6.45, 7) is 0. The number of nitrogens with zero attached hydrogens (tertiary/aromatic N) is 2. The fourth-order valence-electron chi connectivity index (χ4n) is 1.84. The SMILES string of the molecule is Cn1c(C(=O)Nc2cccc(CCl)c2)ccc1[N+](=O)[O-]. The highest BCUT2D eigenvalue weighted by Gasteiger charge is 2.20. The van der Waals surface area contributed by atoms with Crippen LogP contribution in [0.1, 0.15) is 16.1 Å². The Morgan fingerprint density at radius 3 is 2.75 bits per heavy atom. The van der Waals surface area contributed by atoms with Gasteiger partial charge >= 0.3 is 5.82 Å². The predicted molar refractivity (Wildman–Crippen MR) is 76.0 cm³/mol. The van der Waals surface area contributed by atoms with E-state index in [4.69, 9.17) is 11.6 Å². The van der Waals surface area contributed by atoms with Crippen molar-refractivity contribution in [3.8, 4) is 0 Å². The smallest absolute Gasteiger partial charge is 0.323 e. The van der Waals surface area contributed by atoms with Crippen LogP contribution in [0.15, 0.2) is 36.4 Å². The fraction of sp³-hybridized carbons (Fsp3) is 0.154. The highest BCUT2D eigenvalue weighted by atomic mass is 35.5. The normalized spacial score (nSPS) is 10.3. The Morgan fingerprint density at radius 2 is 2.15 bits per heavy atom. The molecule has 1 N–H and O–H groups in total. The third kappa shape index (κ3) is 2.80. The fourth-order valence-corrected chi connectivity index (χ4v) is 2.01. The Kier molecular flexibility index (Phi) is 4.05. The van der Waals surface area contributed by atoms with Crippen molar-refractivity contribution in [1.29, 1.82) is 0 Å². The van der Waals surface area contributed by atoms with Gasteiger partial charge in [0.2, 0.25) is 0 Å². The van der Waals surface area contributed by atoms with Gasteiger partial charge in [0.05, 0.1) is 7.05 Å². The number of aromatic nitrogens is 1. The summed E-state index contributed by atoms with van der Waals surface area (Å²) in [4.78, 5) is 22.3. The van der Waals surface area contributed by atoms with Gasteiger partial charge in [0, 0.05) is 17.6 Å². The molecule has 0 aliphatic carbocycles. The molecule has 0 bridgehead atoms. The highest BCUT2D eigenvalue weighted by Crippen LogP contribution is 2.18. The van der Waals surface area contributed by atoms with Crippen LogP contribution in [-0.4, -0.2) is 15.4 Å². The summed E-state index contributed by atoms with van der Waals surface area (Å²) < 4.78 is 1.24. The molecule has 0 saturated carbocycles. The number of halogens is 1. The van der Waals surface area contributed by atoms with Gasteiger partial charge in [-0.25, -0.2) is 4.57 Å². The molecule has 1 aromatic carbocycles. The number of amides is 1. The number of hydrogen-bond acceptors (Lipinski definition) is 3. The number of nitrogens with one attached hydrogen (secondary N) is 1. The average molecular weight is 294 g/mol. The lowest BCUT2D eigenvalue weighted by Gasteiger charge is -2.05. The molecule has 0 saturated heterocycles. The molecule has 104 valence electrons. The largest absolute Gasteiger partial charge is 0.358 e. The van der Waals surface area contributed by atoms with Crippen LogP contribution >= 0.6 is 11.6 Å². The van der Waals surface area contributed by atoms with Crippen LogP contribution in [0.5, 0.6) is 0 Å². The third-order valence-electron chi connectivity index (χ3n) is 2.85. The number of anilines is 1. The van der Waals surface area contributed by atoms with Gasteiger partial charge in [0.1, 0.15) is 0 Å². The number of nitro groups is 1. The zero-order chi connectivity index (χ0) is 14.7. The number of carbonyl (C=O) groups is 1. The van der Waals surface area contributed by atoms with Crippen molar-refractivity contribution in [3.05, 3.63) is 57.8 Å². The average Bonchev–Trinajstić information content (AvgIpc) is 2.81. The minimum absolute atomic E-state index is 0.135. The number of hydrogen-bond donors (Lipinski definition) is 1. The minimum atomic E-state index is -0.537. The van der Waals surface area contributed by atoms with Crippen LogP contribution in [0.4, 0.5) is 11.5 Å². The molecule has 0 aliphatic heterocycles. The second-order valence-electron chi connectivity index (χ2n) is 4.18. The van der Waals surface area contributed by atoms with Gasteiger partial charge in [-0.15, -0.1) is 11.6 Å². The molecule has 2 aromatic rings. The molecule has 1 aromatic heterocycles. The van der Waals surface area contributed by atoms with E-state index in [2.05, 4.69) is 5.32 Å². The van der Waals surface area contributed by atoms with Gasteiger partial charge < -0.3 is 15.4 Å². The summed E-state index contributed by atoms with van der Waals surface area (Å²) >= 11 is 5.72. The van der Waals surface area contributed by atoms with Gasteiger partial charge in [-0.2, -0.15) is 0 Å². The Balaban J connectivity index is 2.22. The lowest BCUT2D eigenvalue weighted by atomic mass is 10.2. The number of carbonyl (C=O) groups excluding carboxylic acids is 1. The molecular formula is C13H12ClN3O3. The van der Waals surface area contributed by atoms with E-state index < -0.39 is 10.8 Å². The quantitative estimate of drug-likeness (QED) is 0.535. The van der Waals surface area contributed by atoms with E-state index in [9.17, 15) is 14.9 Å². The molecule has 0 spiro atoms. The van der Waals surface area contributed by atoms with Crippen molar-refractivity contribution in [2.75, 3.05) is 5.32 Å². The lowest BCUT2D eigenvalue weighted by molar-refractivity contribution is -0.391. The number of alkyl halides is 1. The van der Waals surface area contributed by atoms with Crippen molar-refractivity contribution >= 4 is 29.0 Å². The monoisotopic (exact) mass is 293 g/mol. The molecule has 0 fully saturated rings. The second-order valence-corrected chi connectivity index (χ2v) is 4.45. The molecule has 0 atom stereocenters. The maximum atomic E-state index is 12.1. The van der Waals surface area contributed by atoms with E-state index >= 15 is 0 Å². The first kappa shape index (κ1) is 14.1. The van der Waals surface area contributed by atoms with Crippen LogP contribution in [0, 0.1) is 10.1 Å². The third-order valence-corrected chi connectivity index (χ3v) is 3.16. The lowest BCUT2D eigenvalue weighted by Crippen LogP contribution is -2.16. The van der Waals surface area contributed by atoms with Crippen molar-refractivity contribution in [2.24, 2.45) is 7.05 Å². The molecule has 2 rings (SSSR count). The van der Waals surface area contributed by atoms with E-state index in [0.717, 1.165) is 5.56 Å². The maximum Gasteiger partial charge on any atom is 0.323 e. The minimum Gasteiger partial charge on any atom is -0.358 e. The zero-order valence-electron chi connectivity index (χ0n) is 10.7. The molecule has 6 nitrogen and oxygen atoms in total. The van der Waals surface area contributed by atoms with E-state index in [-0.39, 0.29) is 11.5 Å². The highest BCUT2D eigenvalue weighted by molar-refractivity contribution is 6.17. The van der Waals surface area contributed by atoms with Gasteiger partial charge in [0.15, 0.2) is 5.69 Å². The Hall–Kier alpha value is -2.34. The standard InChI is InChI=1S/C13H12ClN3O3/c1-16-11(5-6-12(16)17(19)20)13(18)15-10-4-2-3-9(7-10)8-14/h2-7H,8H2,1H3,(H,15,18). The molecule has 20 heavy (non-hydrogen) atoms. The van der Waals surface area contributed by atoms with Crippen LogP contribution in [0.3, 0.4) is 0 Å². The van der Waals surface area contributed by atoms with E-state index in [1.165, 1.54) is 23.7 Å². The molecule has 0 radical (unpaired) electrons. The molecule has 0 unspecified atom stereocenters. The van der Waals surface area contributed by atoms with E-state index in [1.54, 1.807) is 18.2 Å². The molecule has 1 amide bonds. The molecule has 7 heteroatoms. The summed E-state index contributed by atoms with van der Waals surface area (Å²) in [5.41, 5.74) is 1.69. The Labute approximate surface area is 120 Å². The number of rotatable bonds is 4. The summed E-state index contributed by atoms with van der Waals surface area (Å²) in [5.74, 6) is -0.198. The van der Waals surface area contributed by atoms with Gasteiger partial charge in [-0.3, -0.25) is 4.79 Å². The first-order chi connectivity index (χ1) is 9.52. The summed E-state index contributed by atoms with van der Waals surface area (Å²) in [5, 5.41) is 13.4. The van der Waals surface area contributed by atoms with Crippen molar-refractivity contribution in [1.82, 2.24) is 4.57 Å². The van der Waals surface area contributed by atoms with Crippen molar-refractivity contribution in [2.45, 2.75) is 5.88 Å². The van der Waals surface area contributed by atoms with Crippen LogP contribution in [-0.2, 0) is 12.9 Å². The summed E-state index contributed by atoms with van der Waals surface area (Å²) in [7, 11) is 1.47. The topological polar surface area (TPSA) is 77.2 Å². The predicted octanol–water partition coefficient (Wildman–Crippen LogP) is 2.92. The van der Waals surface area contributed by atoms with Crippen LogP contribution < -0.4 is 5.32 Å². The molecule has 1 heterocycles. The first-order valence-corrected chi connectivity index (χ1v) is 6.32. The van der Waals surface area contributed by atoms with Gasteiger partial charge in [-0.1, -0.05) is 12.1 Å². The second kappa shape index (κ2) is 5.75. The maximum absolute atomic E-state index is 12.1. The van der Waals surface area contributed by atoms with Crippen molar-refractivity contribution in [3.63, 3.8) is 0 Å². The molecule has 0 aliphatic rings. The Morgan fingerprint density at radius 1 is 1.40 bits per heavy atom. The zero-order valence-corrected chi connectivity index (χ0v) is 11.4. The van der Waals surface area contributed by atoms with Gasteiger partial charge in [0.25, 0.3) is 5.91 Å².